The number of thiol groups is 1. The van der Waals surface area contributed by atoms with Crippen LogP contribution in [-0.4, -0.2) is 11.5 Å². The molecule has 126 valence electrons. The van der Waals surface area contributed by atoms with Gasteiger partial charge in [0, 0.05) is 27.2 Å². The Balaban J connectivity index is 2.10. The Labute approximate surface area is 143 Å². The Hall–Kier alpha value is -2.12. The van der Waals surface area contributed by atoms with Gasteiger partial charge in [-0.3, -0.25) is 0 Å². The van der Waals surface area contributed by atoms with Crippen LogP contribution < -0.4 is 10.5 Å². The largest absolute Gasteiger partial charge is 0.573 e. The maximum Gasteiger partial charge on any atom is 0.573 e. The third-order valence-corrected chi connectivity index (χ3v) is 5.51. The highest BCUT2D eigenvalue weighted by Crippen LogP contribution is 2.45. The average Bonchev–Trinajstić information content (AvgIpc) is 2.93. The SMILES string of the molecule is NC1=NC=C[SH]1c1ccc(-c2ccccc2Cl)c(OC(F)(F)F)c1. The van der Waals surface area contributed by atoms with E-state index >= 15 is 0 Å². The van der Waals surface area contributed by atoms with Crippen LogP contribution in [0.3, 0.4) is 0 Å². The first-order valence-electron chi connectivity index (χ1n) is 6.79. The van der Waals surface area contributed by atoms with Gasteiger partial charge in [0.05, 0.1) is 0 Å². The van der Waals surface area contributed by atoms with E-state index in [1.807, 2.05) is 0 Å². The van der Waals surface area contributed by atoms with Crippen LogP contribution in [0, 0.1) is 0 Å². The van der Waals surface area contributed by atoms with Crippen molar-refractivity contribution in [2.24, 2.45) is 10.7 Å². The van der Waals surface area contributed by atoms with Crippen molar-refractivity contribution in [1.29, 1.82) is 0 Å². The highest BCUT2D eigenvalue weighted by molar-refractivity contribution is 8.32. The predicted molar refractivity (Wildman–Crippen MR) is 91.6 cm³/mol. The number of aliphatic imine (C=N–C) groups is 1. The van der Waals surface area contributed by atoms with Gasteiger partial charge in [-0.15, -0.1) is 24.1 Å². The number of ether oxygens (including phenoxy) is 1. The molecule has 8 heteroatoms. The van der Waals surface area contributed by atoms with Gasteiger partial charge in [-0.25, -0.2) is 4.99 Å². The summed E-state index contributed by atoms with van der Waals surface area (Å²) in [6, 6.07) is 11.3. The second kappa shape index (κ2) is 6.41. The van der Waals surface area contributed by atoms with Crippen LogP contribution in [-0.2, 0) is 0 Å². The Kier molecular flexibility index (Phi) is 4.47. The van der Waals surface area contributed by atoms with Gasteiger partial charge in [0.15, 0.2) is 0 Å². The molecule has 0 saturated heterocycles. The van der Waals surface area contributed by atoms with Crippen LogP contribution in [0.4, 0.5) is 13.2 Å². The van der Waals surface area contributed by atoms with E-state index in [0.717, 1.165) is 0 Å². The van der Waals surface area contributed by atoms with E-state index in [1.165, 1.54) is 6.07 Å². The van der Waals surface area contributed by atoms with E-state index in [0.29, 0.717) is 20.6 Å². The molecular formula is C16H12ClF3N2OS. The quantitative estimate of drug-likeness (QED) is 0.739. The lowest BCUT2D eigenvalue weighted by atomic mass is 10.0. The lowest BCUT2D eigenvalue weighted by Crippen LogP contribution is -2.18. The van der Waals surface area contributed by atoms with Gasteiger partial charge in [0.1, 0.15) is 10.9 Å². The molecule has 0 aromatic heterocycles. The molecule has 0 spiro atoms. The van der Waals surface area contributed by atoms with E-state index in [9.17, 15) is 13.2 Å². The molecule has 1 aliphatic rings. The third kappa shape index (κ3) is 3.52. The maximum absolute atomic E-state index is 12.8. The summed E-state index contributed by atoms with van der Waals surface area (Å²) in [7, 11) is -1.08. The Bertz CT molecular complexity index is 836. The molecule has 0 aliphatic carbocycles. The molecule has 1 atom stereocenters. The average molecular weight is 373 g/mol. The van der Waals surface area contributed by atoms with Crippen molar-refractivity contribution in [2.75, 3.05) is 0 Å². The summed E-state index contributed by atoms with van der Waals surface area (Å²) in [5.74, 6) is -0.316. The van der Waals surface area contributed by atoms with E-state index in [4.69, 9.17) is 17.3 Å². The fourth-order valence-corrected chi connectivity index (χ4v) is 4.01. The highest BCUT2D eigenvalue weighted by atomic mass is 35.5. The van der Waals surface area contributed by atoms with Crippen LogP contribution in [0.2, 0.25) is 5.02 Å². The van der Waals surface area contributed by atoms with E-state index in [-0.39, 0.29) is 11.3 Å². The summed E-state index contributed by atoms with van der Waals surface area (Å²) in [5.41, 5.74) is 6.51. The topological polar surface area (TPSA) is 47.6 Å². The molecule has 0 radical (unpaired) electrons. The second-order valence-corrected chi connectivity index (χ2v) is 7.28. The Morgan fingerprint density at radius 3 is 2.46 bits per heavy atom. The number of rotatable bonds is 3. The molecule has 0 bridgehead atoms. The smallest absolute Gasteiger partial charge is 0.405 e. The van der Waals surface area contributed by atoms with Crippen molar-refractivity contribution in [3.63, 3.8) is 0 Å². The minimum atomic E-state index is -4.81. The van der Waals surface area contributed by atoms with Crippen LogP contribution in [0.5, 0.6) is 5.75 Å². The Morgan fingerprint density at radius 1 is 1.08 bits per heavy atom. The van der Waals surface area contributed by atoms with Crippen molar-refractivity contribution < 1.29 is 17.9 Å². The molecule has 0 saturated carbocycles. The Morgan fingerprint density at radius 2 is 1.83 bits per heavy atom. The first kappa shape index (κ1) is 16.7. The van der Waals surface area contributed by atoms with Gasteiger partial charge in [0.2, 0.25) is 0 Å². The van der Waals surface area contributed by atoms with E-state index < -0.39 is 17.3 Å². The van der Waals surface area contributed by atoms with Gasteiger partial charge in [0.25, 0.3) is 0 Å². The highest BCUT2D eigenvalue weighted by Gasteiger charge is 2.33. The molecular weight excluding hydrogens is 361 g/mol. The van der Waals surface area contributed by atoms with Crippen molar-refractivity contribution in [3.8, 4) is 16.9 Å². The summed E-state index contributed by atoms with van der Waals surface area (Å²) in [5, 5.41) is 2.49. The molecule has 0 fully saturated rings. The number of benzene rings is 2. The fourth-order valence-electron chi connectivity index (χ4n) is 2.31. The predicted octanol–water partition coefficient (Wildman–Crippen LogP) is 5.07. The molecule has 24 heavy (non-hydrogen) atoms. The van der Waals surface area contributed by atoms with Gasteiger partial charge < -0.3 is 10.5 Å². The standard InChI is InChI=1S/C16H12ClF3N2OS/c17-13-4-2-1-3-11(13)12-6-5-10(24-8-7-22-15(24)21)9-14(12)23-16(18,19)20/h1-9,24H,(H2,21,22). The molecule has 3 nitrogen and oxygen atoms in total. The summed E-state index contributed by atoms with van der Waals surface area (Å²) in [4.78, 5) is 4.57. The number of amidine groups is 1. The first-order chi connectivity index (χ1) is 11.3. The minimum Gasteiger partial charge on any atom is -0.405 e. The van der Waals surface area contributed by atoms with E-state index in [2.05, 4.69) is 9.73 Å². The van der Waals surface area contributed by atoms with Crippen molar-refractivity contribution in [1.82, 2.24) is 0 Å². The minimum absolute atomic E-state index is 0.260. The molecule has 0 amide bonds. The zero-order chi connectivity index (χ0) is 17.3. The van der Waals surface area contributed by atoms with E-state index in [1.54, 1.807) is 48.0 Å². The number of hydrogen-bond acceptors (Lipinski definition) is 3. The monoisotopic (exact) mass is 372 g/mol. The lowest BCUT2D eigenvalue weighted by Gasteiger charge is -2.19. The summed E-state index contributed by atoms with van der Waals surface area (Å²) in [6.45, 7) is 0. The lowest BCUT2D eigenvalue weighted by molar-refractivity contribution is -0.274. The number of alkyl halides is 3. The maximum atomic E-state index is 12.8. The second-order valence-electron chi connectivity index (χ2n) is 4.86. The molecule has 1 aliphatic heterocycles. The molecule has 1 heterocycles. The van der Waals surface area contributed by atoms with Gasteiger partial charge in [-0.2, -0.15) is 0 Å². The fraction of sp³-hybridized carbons (Fsp3) is 0.0625. The molecule has 2 aromatic rings. The molecule has 2 aromatic carbocycles. The third-order valence-electron chi connectivity index (χ3n) is 3.30. The van der Waals surface area contributed by atoms with Crippen molar-refractivity contribution in [2.45, 2.75) is 11.3 Å². The molecule has 1 unspecified atom stereocenters. The van der Waals surface area contributed by atoms with Crippen LogP contribution in [0.1, 0.15) is 0 Å². The zero-order valence-corrected chi connectivity index (χ0v) is 13.7. The number of nitrogens with zero attached hydrogens (tertiary/aromatic N) is 1. The number of halogens is 4. The number of nitrogens with two attached hydrogens (primary N) is 1. The number of hydrogen-bond donors (Lipinski definition) is 2. The zero-order valence-electron chi connectivity index (χ0n) is 12.1. The first-order valence-corrected chi connectivity index (χ1v) is 8.58. The van der Waals surface area contributed by atoms with Gasteiger partial charge in [-0.1, -0.05) is 29.8 Å². The van der Waals surface area contributed by atoms with Crippen LogP contribution in [0.15, 0.2) is 64.0 Å². The summed E-state index contributed by atoms with van der Waals surface area (Å²) >= 11 is 6.11. The van der Waals surface area contributed by atoms with Crippen molar-refractivity contribution in [3.05, 3.63) is 59.1 Å². The van der Waals surface area contributed by atoms with Crippen LogP contribution in [0.25, 0.3) is 11.1 Å². The molecule has 2 N–H and O–H groups in total. The van der Waals surface area contributed by atoms with Crippen molar-refractivity contribution >= 4 is 27.7 Å². The summed E-state index contributed by atoms with van der Waals surface area (Å²) in [6.07, 6.45) is -3.26. The normalized spacial score (nSPS) is 18.5. The van der Waals surface area contributed by atoms with Gasteiger partial charge in [-0.05, 0) is 29.7 Å². The summed E-state index contributed by atoms with van der Waals surface area (Å²) < 4.78 is 42.7. The van der Waals surface area contributed by atoms with Crippen LogP contribution >= 0.6 is 22.5 Å². The molecule has 3 rings (SSSR count). The van der Waals surface area contributed by atoms with Gasteiger partial charge >= 0.3 is 6.36 Å².